The number of halogens is 2. The zero-order valence-electron chi connectivity index (χ0n) is 8.06. The fraction of sp³-hybridized carbons (Fsp3) is 0.500. The van der Waals surface area contributed by atoms with E-state index < -0.39 is 0 Å². The van der Waals surface area contributed by atoms with Crippen molar-refractivity contribution in [1.29, 1.82) is 0 Å². The van der Waals surface area contributed by atoms with Crippen LogP contribution in [0, 0.1) is 5.82 Å². The smallest absolute Gasteiger partial charge is 0.146 e. The lowest BCUT2D eigenvalue weighted by atomic mass is 9.82. The largest absolute Gasteiger partial charge is 0.260 e. The van der Waals surface area contributed by atoms with Crippen LogP contribution < -0.4 is 0 Å². The standard InChI is InChI=1S/C10H13BrFN/c1-4-10(2,3)9-7(11)5-13-6-8(9)12/h5-6H,4H2,1-3H3. The number of hydrogen-bond donors (Lipinski definition) is 0. The topological polar surface area (TPSA) is 12.9 Å². The number of rotatable bonds is 2. The molecule has 0 aliphatic carbocycles. The predicted octanol–water partition coefficient (Wildman–Crippen LogP) is 3.67. The van der Waals surface area contributed by atoms with Crippen LogP contribution in [0.3, 0.4) is 0 Å². The van der Waals surface area contributed by atoms with Crippen molar-refractivity contribution in [3.63, 3.8) is 0 Å². The molecule has 0 atom stereocenters. The summed E-state index contributed by atoms with van der Waals surface area (Å²) in [5, 5.41) is 0. The van der Waals surface area contributed by atoms with E-state index in [1.807, 2.05) is 20.8 Å². The van der Waals surface area contributed by atoms with Gasteiger partial charge in [0.25, 0.3) is 0 Å². The van der Waals surface area contributed by atoms with Crippen molar-refractivity contribution in [2.45, 2.75) is 32.6 Å². The Balaban J connectivity index is 3.28. The molecule has 1 rings (SSSR count). The van der Waals surface area contributed by atoms with Gasteiger partial charge in [-0.3, -0.25) is 4.98 Å². The van der Waals surface area contributed by atoms with Gasteiger partial charge in [-0.1, -0.05) is 20.8 Å². The third-order valence-electron chi connectivity index (χ3n) is 2.41. The second kappa shape index (κ2) is 3.74. The third-order valence-corrected chi connectivity index (χ3v) is 3.02. The van der Waals surface area contributed by atoms with E-state index in [1.54, 1.807) is 6.20 Å². The van der Waals surface area contributed by atoms with Gasteiger partial charge >= 0.3 is 0 Å². The van der Waals surface area contributed by atoms with Gasteiger partial charge in [0.1, 0.15) is 5.82 Å². The monoisotopic (exact) mass is 245 g/mol. The first-order chi connectivity index (χ1) is 5.99. The van der Waals surface area contributed by atoms with E-state index in [4.69, 9.17) is 0 Å². The lowest BCUT2D eigenvalue weighted by Crippen LogP contribution is -2.18. The summed E-state index contributed by atoms with van der Waals surface area (Å²) < 4.78 is 14.2. The van der Waals surface area contributed by atoms with E-state index in [0.29, 0.717) is 5.56 Å². The van der Waals surface area contributed by atoms with Crippen LogP contribution >= 0.6 is 15.9 Å². The van der Waals surface area contributed by atoms with Crippen molar-refractivity contribution in [3.8, 4) is 0 Å². The van der Waals surface area contributed by atoms with E-state index >= 15 is 0 Å². The first-order valence-corrected chi connectivity index (χ1v) is 5.08. The maximum Gasteiger partial charge on any atom is 0.146 e. The molecule has 0 spiro atoms. The van der Waals surface area contributed by atoms with Crippen molar-refractivity contribution in [2.24, 2.45) is 0 Å². The Kier molecular flexibility index (Phi) is 3.06. The molecule has 72 valence electrons. The van der Waals surface area contributed by atoms with Crippen LogP contribution in [0.2, 0.25) is 0 Å². The van der Waals surface area contributed by atoms with Crippen molar-refractivity contribution in [2.75, 3.05) is 0 Å². The molecule has 0 bridgehead atoms. The van der Waals surface area contributed by atoms with Crippen molar-refractivity contribution in [3.05, 3.63) is 28.2 Å². The van der Waals surface area contributed by atoms with Crippen LogP contribution in [0.4, 0.5) is 4.39 Å². The number of aromatic nitrogens is 1. The fourth-order valence-corrected chi connectivity index (χ4v) is 2.08. The highest BCUT2D eigenvalue weighted by atomic mass is 79.9. The first kappa shape index (κ1) is 10.6. The quantitative estimate of drug-likeness (QED) is 0.775. The minimum absolute atomic E-state index is 0.147. The zero-order valence-corrected chi connectivity index (χ0v) is 9.65. The molecular weight excluding hydrogens is 233 g/mol. The molecule has 0 saturated carbocycles. The van der Waals surface area contributed by atoms with E-state index in [2.05, 4.69) is 20.9 Å². The predicted molar refractivity (Wildman–Crippen MR) is 55.2 cm³/mol. The van der Waals surface area contributed by atoms with Crippen LogP contribution in [0.1, 0.15) is 32.8 Å². The maximum absolute atomic E-state index is 13.4. The second-order valence-electron chi connectivity index (χ2n) is 3.72. The average Bonchev–Trinajstić information content (AvgIpc) is 2.03. The fourth-order valence-electron chi connectivity index (χ4n) is 1.23. The lowest BCUT2D eigenvalue weighted by Gasteiger charge is -2.24. The third kappa shape index (κ3) is 2.08. The van der Waals surface area contributed by atoms with Crippen LogP contribution in [0.25, 0.3) is 0 Å². The number of hydrogen-bond acceptors (Lipinski definition) is 1. The van der Waals surface area contributed by atoms with Crippen LogP contribution in [0.5, 0.6) is 0 Å². The molecule has 0 aliphatic heterocycles. The normalized spacial score (nSPS) is 11.8. The van der Waals surface area contributed by atoms with Crippen molar-refractivity contribution in [1.82, 2.24) is 4.98 Å². The highest BCUT2D eigenvalue weighted by molar-refractivity contribution is 9.10. The molecule has 1 nitrogen and oxygen atoms in total. The van der Waals surface area contributed by atoms with Crippen molar-refractivity contribution >= 4 is 15.9 Å². The second-order valence-corrected chi connectivity index (χ2v) is 4.57. The Labute approximate surface area is 86.5 Å². The van der Waals surface area contributed by atoms with Gasteiger partial charge in [0.2, 0.25) is 0 Å². The summed E-state index contributed by atoms with van der Waals surface area (Å²) in [5.74, 6) is -0.235. The molecule has 1 heterocycles. The summed E-state index contributed by atoms with van der Waals surface area (Å²) in [6.45, 7) is 6.10. The van der Waals surface area contributed by atoms with Gasteiger partial charge in [0.05, 0.1) is 6.20 Å². The maximum atomic E-state index is 13.4. The van der Waals surface area contributed by atoms with Gasteiger partial charge in [-0.05, 0) is 27.8 Å². The van der Waals surface area contributed by atoms with E-state index in [1.165, 1.54) is 6.20 Å². The molecule has 3 heteroatoms. The summed E-state index contributed by atoms with van der Waals surface area (Å²) >= 11 is 3.32. The summed E-state index contributed by atoms with van der Waals surface area (Å²) in [4.78, 5) is 3.77. The summed E-state index contributed by atoms with van der Waals surface area (Å²) in [5.41, 5.74) is 0.566. The minimum Gasteiger partial charge on any atom is -0.260 e. The molecule has 1 aromatic rings. The Bertz CT molecular complexity index is 290. The Morgan fingerprint density at radius 3 is 2.54 bits per heavy atom. The summed E-state index contributed by atoms with van der Waals surface area (Å²) in [6.07, 6.45) is 3.79. The lowest BCUT2D eigenvalue weighted by molar-refractivity contribution is 0.464. The van der Waals surface area contributed by atoms with Gasteiger partial charge < -0.3 is 0 Å². The van der Waals surface area contributed by atoms with Crippen molar-refractivity contribution < 1.29 is 4.39 Å². The number of pyridine rings is 1. The molecular formula is C10H13BrFN. The number of nitrogens with zero attached hydrogens (tertiary/aromatic N) is 1. The van der Waals surface area contributed by atoms with Crippen LogP contribution in [-0.4, -0.2) is 4.98 Å². The molecule has 0 unspecified atom stereocenters. The first-order valence-electron chi connectivity index (χ1n) is 4.28. The van der Waals surface area contributed by atoms with Gasteiger partial charge in [-0.2, -0.15) is 0 Å². The van der Waals surface area contributed by atoms with E-state index in [9.17, 15) is 4.39 Å². The van der Waals surface area contributed by atoms with Gasteiger partial charge in [0, 0.05) is 16.2 Å². The average molecular weight is 246 g/mol. The Morgan fingerprint density at radius 1 is 1.46 bits per heavy atom. The summed E-state index contributed by atoms with van der Waals surface area (Å²) in [6, 6.07) is 0. The molecule has 0 aliphatic rings. The van der Waals surface area contributed by atoms with E-state index in [-0.39, 0.29) is 11.2 Å². The van der Waals surface area contributed by atoms with Crippen LogP contribution in [0.15, 0.2) is 16.9 Å². The van der Waals surface area contributed by atoms with Gasteiger partial charge in [-0.25, -0.2) is 4.39 Å². The SMILES string of the molecule is CCC(C)(C)c1c(F)cncc1Br. The molecule has 0 amide bonds. The Hall–Kier alpha value is -0.440. The molecule has 0 saturated heterocycles. The molecule has 0 N–H and O–H groups in total. The Morgan fingerprint density at radius 2 is 2.08 bits per heavy atom. The van der Waals surface area contributed by atoms with Gasteiger partial charge in [-0.15, -0.1) is 0 Å². The zero-order chi connectivity index (χ0) is 10.1. The van der Waals surface area contributed by atoms with E-state index in [0.717, 1.165) is 10.9 Å². The molecule has 0 radical (unpaired) electrons. The van der Waals surface area contributed by atoms with Gasteiger partial charge in [0.15, 0.2) is 0 Å². The molecule has 13 heavy (non-hydrogen) atoms. The highest BCUT2D eigenvalue weighted by Gasteiger charge is 2.24. The molecule has 0 fully saturated rings. The summed E-state index contributed by atoms with van der Waals surface area (Å²) in [7, 11) is 0. The molecule has 1 aromatic heterocycles. The highest BCUT2D eigenvalue weighted by Crippen LogP contribution is 2.33. The molecule has 0 aromatic carbocycles. The van der Waals surface area contributed by atoms with Crippen LogP contribution in [-0.2, 0) is 5.41 Å². The minimum atomic E-state index is -0.235.